The number of methoxy groups -OCH3 is 3. The second-order valence-corrected chi connectivity index (χ2v) is 5.30. The number of nitriles is 1. The minimum atomic E-state index is -0.172. The first-order valence-electron chi connectivity index (χ1n) is 7.49. The third kappa shape index (κ3) is 3.66. The van der Waals surface area contributed by atoms with Crippen LogP contribution in [0.15, 0.2) is 12.1 Å². The molecular formula is C17H20N4O4. The molecule has 2 rings (SSSR count). The second-order valence-electron chi connectivity index (χ2n) is 5.30. The van der Waals surface area contributed by atoms with E-state index in [1.165, 1.54) is 21.3 Å². The summed E-state index contributed by atoms with van der Waals surface area (Å²) in [6.07, 6.45) is -0.172. The Kier molecular flexibility index (Phi) is 5.49. The molecule has 0 bridgehead atoms. The number of rotatable bonds is 6. The van der Waals surface area contributed by atoms with Crippen LogP contribution >= 0.6 is 0 Å². The topological polar surface area (TPSA) is 113 Å². The zero-order chi connectivity index (χ0) is 18.6. The summed E-state index contributed by atoms with van der Waals surface area (Å²) in [5, 5.41) is 9.58. The molecule has 0 spiro atoms. The van der Waals surface area contributed by atoms with Crippen LogP contribution in [0.3, 0.4) is 0 Å². The molecule has 0 atom stereocenters. The number of benzene rings is 1. The lowest BCUT2D eigenvalue weighted by Gasteiger charge is -2.16. The Balaban J connectivity index is 2.73. The van der Waals surface area contributed by atoms with E-state index < -0.39 is 0 Å². The van der Waals surface area contributed by atoms with Gasteiger partial charge in [0, 0.05) is 5.56 Å². The molecule has 25 heavy (non-hydrogen) atoms. The van der Waals surface area contributed by atoms with Gasteiger partial charge in [-0.3, -0.25) is 0 Å². The average Bonchev–Trinajstić information content (AvgIpc) is 2.59. The number of ether oxygens (including phenoxy) is 4. The smallest absolute Gasteiger partial charge is 0.237 e. The Labute approximate surface area is 146 Å². The van der Waals surface area contributed by atoms with E-state index in [2.05, 4.69) is 16.0 Å². The summed E-state index contributed by atoms with van der Waals surface area (Å²) in [4.78, 5) is 8.22. The van der Waals surface area contributed by atoms with Crippen molar-refractivity contribution < 1.29 is 18.9 Å². The molecule has 0 aliphatic heterocycles. The van der Waals surface area contributed by atoms with E-state index in [0.717, 1.165) is 0 Å². The van der Waals surface area contributed by atoms with Crippen molar-refractivity contribution in [1.29, 1.82) is 5.26 Å². The molecule has 0 radical (unpaired) electrons. The van der Waals surface area contributed by atoms with Crippen LogP contribution in [0, 0.1) is 11.3 Å². The van der Waals surface area contributed by atoms with Crippen molar-refractivity contribution in [3.63, 3.8) is 0 Å². The summed E-state index contributed by atoms with van der Waals surface area (Å²) in [5.41, 5.74) is 6.86. The molecule has 0 saturated heterocycles. The third-order valence-corrected chi connectivity index (χ3v) is 3.29. The van der Waals surface area contributed by atoms with Gasteiger partial charge >= 0.3 is 0 Å². The van der Waals surface area contributed by atoms with E-state index in [0.29, 0.717) is 28.5 Å². The molecule has 8 nitrogen and oxygen atoms in total. The SMILES string of the molecule is COc1cc(-c2nc(N)nc(OC(C)C)c2C#N)cc(OC)c1OC. The summed E-state index contributed by atoms with van der Waals surface area (Å²) in [6, 6.07) is 5.45. The quantitative estimate of drug-likeness (QED) is 0.850. The molecule has 0 saturated carbocycles. The fourth-order valence-electron chi connectivity index (χ4n) is 2.29. The maximum absolute atomic E-state index is 9.58. The molecular weight excluding hydrogens is 324 g/mol. The number of nitrogens with zero attached hydrogens (tertiary/aromatic N) is 3. The predicted octanol–water partition coefficient (Wildman–Crippen LogP) is 2.41. The van der Waals surface area contributed by atoms with Crippen LogP contribution in [0.5, 0.6) is 23.1 Å². The molecule has 0 amide bonds. The zero-order valence-corrected chi connectivity index (χ0v) is 14.8. The molecule has 1 heterocycles. The molecule has 2 aromatic rings. The van der Waals surface area contributed by atoms with Crippen molar-refractivity contribution in [3.05, 3.63) is 17.7 Å². The Morgan fingerprint density at radius 2 is 1.64 bits per heavy atom. The Hall–Kier alpha value is -3.21. The maximum atomic E-state index is 9.58. The van der Waals surface area contributed by atoms with Crippen molar-refractivity contribution in [3.8, 4) is 40.5 Å². The summed E-state index contributed by atoms with van der Waals surface area (Å²) in [6.45, 7) is 3.66. The van der Waals surface area contributed by atoms with E-state index in [1.54, 1.807) is 12.1 Å². The van der Waals surface area contributed by atoms with Gasteiger partial charge in [0.25, 0.3) is 0 Å². The number of nitrogen functional groups attached to an aromatic ring is 1. The Bertz CT molecular complexity index is 790. The van der Waals surface area contributed by atoms with Crippen molar-refractivity contribution >= 4 is 5.95 Å². The minimum absolute atomic E-state index is 0.00148. The van der Waals surface area contributed by atoms with Gasteiger partial charge in [-0.1, -0.05) is 0 Å². The maximum Gasteiger partial charge on any atom is 0.237 e. The number of hydrogen-bond donors (Lipinski definition) is 1. The van der Waals surface area contributed by atoms with Gasteiger partial charge in [-0.15, -0.1) is 0 Å². The van der Waals surface area contributed by atoms with E-state index in [-0.39, 0.29) is 23.5 Å². The summed E-state index contributed by atoms with van der Waals surface area (Å²) in [7, 11) is 4.53. The van der Waals surface area contributed by atoms with Gasteiger partial charge in [0.05, 0.1) is 33.1 Å². The van der Waals surface area contributed by atoms with Crippen molar-refractivity contribution in [1.82, 2.24) is 9.97 Å². The zero-order valence-electron chi connectivity index (χ0n) is 14.8. The highest BCUT2D eigenvalue weighted by atomic mass is 16.5. The molecule has 0 aliphatic rings. The van der Waals surface area contributed by atoms with Gasteiger partial charge in [-0.2, -0.15) is 10.2 Å². The fraction of sp³-hybridized carbons (Fsp3) is 0.353. The van der Waals surface area contributed by atoms with E-state index in [9.17, 15) is 5.26 Å². The minimum Gasteiger partial charge on any atom is -0.493 e. The van der Waals surface area contributed by atoms with E-state index in [1.807, 2.05) is 13.8 Å². The number of aromatic nitrogens is 2. The summed E-state index contributed by atoms with van der Waals surface area (Å²) in [5.74, 6) is 1.44. The standard InChI is InChI=1S/C17H20N4O4/c1-9(2)25-16-11(8-18)14(20-17(19)21-16)10-6-12(22-3)15(24-5)13(7-10)23-4/h6-7,9H,1-5H3,(H2,19,20,21). The highest BCUT2D eigenvalue weighted by molar-refractivity contribution is 5.74. The lowest BCUT2D eigenvalue weighted by molar-refractivity contribution is 0.232. The third-order valence-electron chi connectivity index (χ3n) is 3.29. The highest BCUT2D eigenvalue weighted by Crippen LogP contribution is 2.42. The lowest BCUT2D eigenvalue weighted by atomic mass is 10.1. The van der Waals surface area contributed by atoms with Gasteiger partial charge in [0.15, 0.2) is 11.5 Å². The number of hydrogen-bond acceptors (Lipinski definition) is 8. The van der Waals surface area contributed by atoms with Gasteiger partial charge < -0.3 is 24.7 Å². The molecule has 8 heteroatoms. The van der Waals surface area contributed by atoms with Crippen LogP contribution in [-0.4, -0.2) is 37.4 Å². The van der Waals surface area contributed by atoms with Gasteiger partial charge in [0.2, 0.25) is 17.6 Å². The molecule has 0 fully saturated rings. The van der Waals surface area contributed by atoms with E-state index in [4.69, 9.17) is 24.7 Å². The summed E-state index contributed by atoms with van der Waals surface area (Å²) >= 11 is 0. The van der Waals surface area contributed by atoms with Crippen LogP contribution in [0.4, 0.5) is 5.95 Å². The van der Waals surface area contributed by atoms with Crippen molar-refractivity contribution in [2.24, 2.45) is 0 Å². The first-order chi connectivity index (χ1) is 11.9. The average molecular weight is 344 g/mol. The van der Waals surface area contributed by atoms with Gasteiger partial charge in [0.1, 0.15) is 11.6 Å². The monoisotopic (exact) mass is 344 g/mol. The largest absolute Gasteiger partial charge is 0.493 e. The highest BCUT2D eigenvalue weighted by Gasteiger charge is 2.21. The van der Waals surface area contributed by atoms with E-state index >= 15 is 0 Å². The molecule has 1 aromatic carbocycles. The molecule has 2 N–H and O–H groups in total. The van der Waals surface area contributed by atoms with Crippen molar-refractivity contribution in [2.45, 2.75) is 20.0 Å². The fourth-order valence-corrected chi connectivity index (χ4v) is 2.29. The first kappa shape index (κ1) is 18.1. The molecule has 1 aromatic heterocycles. The van der Waals surface area contributed by atoms with Gasteiger partial charge in [-0.25, -0.2) is 4.98 Å². The van der Waals surface area contributed by atoms with Crippen LogP contribution in [0.1, 0.15) is 19.4 Å². The van der Waals surface area contributed by atoms with Crippen LogP contribution in [0.25, 0.3) is 11.3 Å². The number of anilines is 1. The lowest BCUT2D eigenvalue weighted by Crippen LogP contribution is -2.11. The van der Waals surface area contributed by atoms with Crippen LogP contribution in [-0.2, 0) is 0 Å². The second kappa shape index (κ2) is 7.57. The van der Waals surface area contributed by atoms with Crippen molar-refractivity contribution in [2.75, 3.05) is 27.1 Å². The van der Waals surface area contributed by atoms with Crippen LogP contribution in [0.2, 0.25) is 0 Å². The van der Waals surface area contributed by atoms with Gasteiger partial charge in [-0.05, 0) is 26.0 Å². The normalized spacial score (nSPS) is 10.3. The molecule has 132 valence electrons. The molecule has 0 aliphatic carbocycles. The Morgan fingerprint density at radius 3 is 2.08 bits per heavy atom. The predicted molar refractivity (Wildman–Crippen MR) is 92.0 cm³/mol. The van der Waals surface area contributed by atoms with Crippen LogP contribution < -0.4 is 24.7 Å². The number of nitrogens with two attached hydrogens (primary N) is 1. The Morgan fingerprint density at radius 1 is 1.04 bits per heavy atom. The molecule has 0 unspecified atom stereocenters. The first-order valence-corrected chi connectivity index (χ1v) is 7.49. The summed E-state index contributed by atoms with van der Waals surface area (Å²) < 4.78 is 21.6.